The van der Waals surface area contributed by atoms with Crippen molar-refractivity contribution in [3.8, 4) is 0 Å². The van der Waals surface area contributed by atoms with Crippen molar-refractivity contribution in [1.82, 2.24) is 21.5 Å². The smallest absolute Gasteiger partial charge is 0.238 e. The van der Waals surface area contributed by atoms with Crippen LogP contribution >= 0.6 is 0 Å². The molecule has 0 bridgehead atoms. The highest BCUT2D eigenvalue weighted by atomic mass is 19.1. The molecule has 0 aliphatic carbocycles. The molecule has 6 nitrogen and oxygen atoms in total. The van der Waals surface area contributed by atoms with Gasteiger partial charge in [0, 0.05) is 19.0 Å². The van der Waals surface area contributed by atoms with Crippen LogP contribution in [0.25, 0.3) is 0 Å². The first-order valence-electron chi connectivity index (χ1n) is 6.95. The predicted octanol–water partition coefficient (Wildman–Crippen LogP) is -0.262. The molecule has 3 atom stereocenters. The van der Waals surface area contributed by atoms with E-state index in [1.807, 2.05) is 0 Å². The Hall–Kier alpha value is -1.99. The molecule has 4 N–H and O–H groups in total. The van der Waals surface area contributed by atoms with Crippen LogP contribution in [0.3, 0.4) is 0 Å². The van der Waals surface area contributed by atoms with E-state index in [-0.39, 0.29) is 35.8 Å². The van der Waals surface area contributed by atoms with Crippen molar-refractivity contribution < 1.29 is 14.0 Å². The average Bonchev–Trinajstić information content (AvgIpc) is 3.09. The van der Waals surface area contributed by atoms with Crippen LogP contribution in [0.4, 0.5) is 4.39 Å². The zero-order valence-corrected chi connectivity index (χ0v) is 11.4. The zero-order valence-electron chi connectivity index (χ0n) is 11.4. The molecule has 2 amide bonds. The normalized spacial score (nSPS) is 28.4. The SMILES string of the molecule is O=C1CC(NC(=O)C2CC(c3ccc(F)cc3)NN2)CN1. The van der Waals surface area contributed by atoms with Crippen LogP contribution in [-0.4, -0.2) is 30.4 Å². The lowest BCUT2D eigenvalue weighted by Crippen LogP contribution is -2.47. The first kappa shape index (κ1) is 14.0. The first-order chi connectivity index (χ1) is 10.1. The number of hydrazine groups is 1. The maximum Gasteiger partial charge on any atom is 0.238 e. The van der Waals surface area contributed by atoms with E-state index in [2.05, 4.69) is 21.5 Å². The highest BCUT2D eigenvalue weighted by Gasteiger charge is 2.32. The summed E-state index contributed by atoms with van der Waals surface area (Å²) in [4.78, 5) is 23.2. The molecule has 0 aromatic heterocycles. The largest absolute Gasteiger partial charge is 0.354 e. The van der Waals surface area contributed by atoms with E-state index in [0.717, 1.165) is 5.56 Å². The molecule has 0 saturated carbocycles. The average molecular weight is 292 g/mol. The molecule has 3 rings (SSSR count). The van der Waals surface area contributed by atoms with Gasteiger partial charge in [-0.2, -0.15) is 0 Å². The number of hydrogen-bond donors (Lipinski definition) is 4. The zero-order chi connectivity index (χ0) is 14.8. The second-order valence-electron chi connectivity index (χ2n) is 5.39. The van der Waals surface area contributed by atoms with Crippen molar-refractivity contribution in [3.05, 3.63) is 35.6 Å². The fourth-order valence-corrected chi connectivity index (χ4v) is 2.65. The quantitative estimate of drug-likeness (QED) is 0.618. The molecule has 2 saturated heterocycles. The van der Waals surface area contributed by atoms with Crippen LogP contribution in [0.2, 0.25) is 0 Å². The van der Waals surface area contributed by atoms with E-state index >= 15 is 0 Å². The third-order valence-corrected chi connectivity index (χ3v) is 3.82. The summed E-state index contributed by atoms with van der Waals surface area (Å²) < 4.78 is 12.9. The van der Waals surface area contributed by atoms with E-state index in [1.54, 1.807) is 12.1 Å². The molecule has 0 radical (unpaired) electrons. The number of nitrogens with one attached hydrogen (secondary N) is 4. The monoisotopic (exact) mass is 292 g/mol. The second kappa shape index (κ2) is 5.79. The Labute approximate surface area is 121 Å². The Balaban J connectivity index is 1.55. The highest BCUT2D eigenvalue weighted by molar-refractivity contribution is 5.85. The van der Waals surface area contributed by atoms with Crippen LogP contribution in [0, 0.1) is 5.82 Å². The summed E-state index contributed by atoms with van der Waals surface area (Å²) in [6.07, 6.45) is 0.902. The summed E-state index contributed by atoms with van der Waals surface area (Å²) >= 11 is 0. The Morgan fingerprint density at radius 3 is 2.67 bits per heavy atom. The van der Waals surface area contributed by atoms with Gasteiger partial charge in [-0.05, 0) is 24.1 Å². The van der Waals surface area contributed by atoms with Gasteiger partial charge in [-0.25, -0.2) is 15.2 Å². The molecule has 2 aliphatic rings. The van der Waals surface area contributed by atoms with Crippen LogP contribution in [-0.2, 0) is 9.59 Å². The number of carbonyl (C=O) groups is 2. The van der Waals surface area contributed by atoms with E-state index < -0.39 is 0 Å². The van der Waals surface area contributed by atoms with E-state index in [4.69, 9.17) is 0 Å². The molecule has 2 fully saturated rings. The van der Waals surface area contributed by atoms with Crippen molar-refractivity contribution in [2.45, 2.75) is 31.0 Å². The topological polar surface area (TPSA) is 82.3 Å². The van der Waals surface area contributed by atoms with Crippen molar-refractivity contribution in [2.24, 2.45) is 0 Å². The summed E-state index contributed by atoms with van der Waals surface area (Å²) in [7, 11) is 0. The summed E-state index contributed by atoms with van der Waals surface area (Å²) in [6, 6.07) is 5.67. The summed E-state index contributed by atoms with van der Waals surface area (Å²) in [5.74, 6) is -0.451. The Morgan fingerprint density at radius 2 is 2.00 bits per heavy atom. The molecule has 21 heavy (non-hydrogen) atoms. The van der Waals surface area contributed by atoms with Crippen LogP contribution in [0.1, 0.15) is 24.4 Å². The summed E-state index contributed by atoms with van der Waals surface area (Å²) in [5, 5.41) is 5.53. The second-order valence-corrected chi connectivity index (χ2v) is 5.39. The third kappa shape index (κ3) is 3.20. The number of amides is 2. The molecule has 112 valence electrons. The molecular formula is C14H17FN4O2. The summed E-state index contributed by atoms with van der Waals surface area (Å²) in [5.41, 5.74) is 6.91. The fourth-order valence-electron chi connectivity index (χ4n) is 2.65. The highest BCUT2D eigenvalue weighted by Crippen LogP contribution is 2.22. The van der Waals surface area contributed by atoms with Gasteiger partial charge in [0.2, 0.25) is 11.8 Å². The number of halogens is 1. The van der Waals surface area contributed by atoms with Gasteiger partial charge in [0.1, 0.15) is 11.9 Å². The van der Waals surface area contributed by atoms with Crippen LogP contribution in [0.5, 0.6) is 0 Å². The van der Waals surface area contributed by atoms with Crippen molar-refractivity contribution in [2.75, 3.05) is 6.54 Å². The lowest BCUT2D eigenvalue weighted by atomic mass is 10.0. The standard InChI is InChI=1S/C14H17FN4O2/c15-9-3-1-8(2-4-9)11-6-12(19-18-11)14(21)17-10-5-13(20)16-7-10/h1-4,10-12,18-19H,5-7H2,(H,16,20)(H,17,21). The molecule has 2 heterocycles. The lowest BCUT2D eigenvalue weighted by Gasteiger charge is -2.14. The van der Waals surface area contributed by atoms with E-state index in [0.29, 0.717) is 19.4 Å². The van der Waals surface area contributed by atoms with Gasteiger partial charge in [0.05, 0.1) is 6.04 Å². The van der Waals surface area contributed by atoms with Gasteiger partial charge in [-0.1, -0.05) is 12.1 Å². The van der Waals surface area contributed by atoms with Gasteiger partial charge in [-0.15, -0.1) is 0 Å². The first-order valence-corrected chi connectivity index (χ1v) is 6.95. The number of hydrogen-bond acceptors (Lipinski definition) is 4. The van der Waals surface area contributed by atoms with E-state index in [1.165, 1.54) is 12.1 Å². The minimum Gasteiger partial charge on any atom is -0.354 e. The number of rotatable bonds is 3. The maximum atomic E-state index is 12.9. The summed E-state index contributed by atoms with van der Waals surface area (Å²) in [6.45, 7) is 0.478. The minimum atomic E-state index is -0.365. The van der Waals surface area contributed by atoms with Gasteiger partial charge in [0.15, 0.2) is 0 Å². The number of benzene rings is 1. The Kier molecular flexibility index (Phi) is 3.85. The van der Waals surface area contributed by atoms with Crippen molar-refractivity contribution in [3.63, 3.8) is 0 Å². The van der Waals surface area contributed by atoms with Gasteiger partial charge in [0.25, 0.3) is 0 Å². The molecule has 7 heteroatoms. The predicted molar refractivity (Wildman–Crippen MR) is 73.4 cm³/mol. The van der Waals surface area contributed by atoms with Gasteiger partial charge < -0.3 is 10.6 Å². The molecule has 1 aromatic rings. The lowest BCUT2D eigenvalue weighted by molar-refractivity contribution is -0.123. The fraction of sp³-hybridized carbons (Fsp3) is 0.429. The molecule has 3 unspecified atom stereocenters. The number of carbonyl (C=O) groups excluding carboxylic acids is 2. The Bertz CT molecular complexity index is 548. The molecular weight excluding hydrogens is 275 g/mol. The Morgan fingerprint density at radius 1 is 1.24 bits per heavy atom. The molecule has 0 spiro atoms. The molecule has 1 aromatic carbocycles. The van der Waals surface area contributed by atoms with Gasteiger partial charge in [-0.3, -0.25) is 9.59 Å². The van der Waals surface area contributed by atoms with Crippen LogP contribution in [0.15, 0.2) is 24.3 Å². The minimum absolute atomic E-state index is 0.0373. The van der Waals surface area contributed by atoms with Crippen molar-refractivity contribution >= 4 is 11.8 Å². The molecule has 2 aliphatic heterocycles. The van der Waals surface area contributed by atoms with E-state index in [9.17, 15) is 14.0 Å². The van der Waals surface area contributed by atoms with Gasteiger partial charge >= 0.3 is 0 Å². The van der Waals surface area contributed by atoms with Crippen LogP contribution < -0.4 is 21.5 Å². The third-order valence-electron chi connectivity index (χ3n) is 3.82. The van der Waals surface area contributed by atoms with Crippen molar-refractivity contribution in [1.29, 1.82) is 0 Å². The maximum absolute atomic E-state index is 12.9.